The van der Waals surface area contributed by atoms with Crippen LogP contribution in [0.1, 0.15) is 18.4 Å². The summed E-state index contributed by atoms with van der Waals surface area (Å²) in [6.45, 7) is 0.769. The Kier molecular flexibility index (Phi) is 3.49. The molecule has 1 aliphatic rings. The Hall–Kier alpha value is -1.81. The van der Waals surface area contributed by atoms with Crippen molar-refractivity contribution in [3.05, 3.63) is 59.4 Å². The van der Waals surface area contributed by atoms with Crippen molar-refractivity contribution in [1.82, 2.24) is 5.32 Å². The fourth-order valence-corrected chi connectivity index (χ4v) is 2.10. The zero-order valence-corrected chi connectivity index (χ0v) is 10.8. The molecule has 20 heavy (non-hydrogen) atoms. The van der Waals surface area contributed by atoms with Crippen molar-refractivity contribution in [3.8, 4) is 11.1 Å². The topological polar surface area (TPSA) is 12.0 Å². The maximum Gasteiger partial charge on any atom is 0.195 e. The minimum absolute atomic E-state index is 0.0746. The third-order valence-electron chi connectivity index (χ3n) is 3.47. The van der Waals surface area contributed by atoms with Gasteiger partial charge in [-0.3, -0.25) is 0 Å². The highest BCUT2D eigenvalue weighted by molar-refractivity contribution is 5.64. The molecule has 2 aromatic rings. The molecule has 0 spiro atoms. The van der Waals surface area contributed by atoms with E-state index < -0.39 is 17.5 Å². The first kappa shape index (κ1) is 13.2. The molecule has 0 bridgehead atoms. The van der Waals surface area contributed by atoms with Gasteiger partial charge in [-0.05, 0) is 36.1 Å². The summed E-state index contributed by atoms with van der Waals surface area (Å²) in [7, 11) is 0. The van der Waals surface area contributed by atoms with Crippen molar-refractivity contribution in [3.63, 3.8) is 0 Å². The lowest BCUT2D eigenvalue weighted by Gasteiger charge is -2.07. The van der Waals surface area contributed by atoms with E-state index >= 15 is 0 Å². The molecule has 0 aromatic heterocycles. The normalized spacial score (nSPS) is 14.6. The summed E-state index contributed by atoms with van der Waals surface area (Å²) < 4.78 is 39.8. The van der Waals surface area contributed by atoms with Gasteiger partial charge in [0.2, 0.25) is 0 Å². The molecule has 0 aliphatic heterocycles. The first-order valence-electron chi connectivity index (χ1n) is 6.61. The number of rotatable bonds is 4. The maximum atomic E-state index is 13.7. The van der Waals surface area contributed by atoms with Gasteiger partial charge in [-0.2, -0.15) is 0 Å². The largest absolute Gasteiger partial charge is 0.310 e. The summed E-state index contributed by atoms with van der Waals surface area (Å²) in [4.78, 5) is 0. The van der Waals surface area contributed by atoms with Crippen LogP contribution in [0.5, 0.6) is 0 Å². The van der Waals surface area contributed by atoms with E-state index in [1.807, 2.05) is 12.1 Å². The average Bonchev–Trinajstić information content (AvgIpc) is 3.28. The van der Waals surface area contributed by atoms with Crippen LogP contribution in [0.4, 0.5) is 13.2 Å². The van der Waals surface area contributed by atoms with Crippen molar-refractivity contribution < 1.29 is 13.2 Å². The minimum Gasteiger partial charge on any atom is -0.310 e. The monoisotopic (exact) mass is 277 g/mol. The molecule has 0 radical (unpaired) electrons. The summed E-state index contributed by atoms with van der Waals surface area (Å²) in [5, 5.41) is 3.38. The average molecular weight is 277 g/mol. The molecule has 4 heteroatoms. The van der Waals surface area contributed by atoms with Gasteiger partial charge in [-0.1, -0.05) is 24.3 Å². The predicted molar refractivity (Wildman–Crippen MR) is 71.6 cm³/mol. The first-order chi connectivity index (χ1) is 9.65. The SMILES string of the molecule is Fc1ccc(-c2ccc(CNC3CC3)cc2)c(F)c1F. The lowest BCUT2D eigenvalue weighted by molar-refractivity contribution is 0.449. The zero-order valence-electron chi connectivity index (χ0n) is 10.8. The van der Waals surface area contributed by atoms with E-state index in [0.717, 1.165) is 18.2 Å². The molecule has 2 aromatic carbocycles. The van der Waals surface area contributed by atoms with Crippen LogP contribution in [0, 0.1) is 17.5 Å². The van der Waals surface area contributed by atoms with E-state index in [0.29, 0.717) is 11.6 Å². The Balaban J connectivity index is 1.81. The fraction of sp³-hybridized carbons (Fsp3) is 0.250. The van der Waals surface area contributed by atoms with E-state index in [1.165, 1.54) is 18.9 Å². The highest BCUT2D eigenvalue weighted by Gasteiger charge is 2.20. The quantitative estimate of drug-likeness (QED) is 0.832. The molecule has 0 amide bonds. The molecule has 0 saturated heterocycles. The molecule has 3 rings (SSSR count). The Morgan fingerprint density at radius 1 is 0.900 bits per heavy atom. The third-order valence-corrected chi connectivity index (χ3v) is 3.47. The Labute approximate surface area is 115 Å². The summed E-state index contributed by atoms with van der Waals surface area (Å²) in [5.74, 6) is -3.74. The molecular formula is C16H14F3N. The van der Waals surface area contributed by atoms with E-state index in [1.54, 1.807) is 12.1 Å². The molecule has 104 valence electrons. The lowest BCUT2D eigenvalue weighted by atomic mass is 10.0. The van der Waals surface area contributed by atoms with E-state index in [4.69, 9.17) is 0 Å². The van der Waals surface area contributed by atoms with Gasteiger partial charge in [0.1, 0.15) is 0 Å². The van der Waals surface area contributed by atoms with Crippen LogP contribution < -0.4 is 5.32 Å². The van der Waals surface area contributed by atoms with Crippen molar-refractivity contribution >= 4 is 0 Å². The number of halogens is 3. The molecule has 1 saturated carbocycles. The first-order valence-corrected chi connectivity index (χ1v) is 6.61. The second kappa shape index (κ2) is 5.29. The zero-order chi connectivity index (χ0) is 14.1. The minimum atomic E-state index is -1.43. The van der Waals surface area contributed by atoms with Gasteiger partial charge in [-0.25, -0.2) is 13.2 Å². The molecule has 0 atom stereocenters. The van der Waals surface area contributed by atoms with Crippen LogP contribution in [0.3, 0.4) is 0 Å². The summed E-state index contributed by atoms with van der Waals surface area (Å²) >= 11 is 0. The van der Waals surface area contributed by atoms with Gasteiger partial charge < -0.3 is 5.32 Å². The van der Waals surface area contributed by atoms with E-state index in [9.17, 15) is 13.2 Å². The lowest BCUT2D eigenvalue weighted by Crippen LogP contribution is -2.15. The van der Waals surface area contributed by atoms with Crippen LogP contribution in [0.15, 0.2) is 36.4 Å². The number of nitrogens with one attached hydrogen (secondary N) is 1. The molecule has 1 nitrogen and oxygen atoms in total. The van der Waals surface area contributed by atoms with Gasteiger partial charge in [0.25, 0.3) is 0 Å². The van der Waals surface area contributed by atoms with Gasteiger partial charge >= 0.3 is 0 Å². The smallest absolute Gasteiger partial charge is 0.195 e. The molecule has 1 aliphatic carbocycles. The number of benzene rings is 2. The Morgan fingerprint density at radius 2 is 1.60 bits per heavy atom. The molecule has 0 unspecified atom stereocenters. The number of hydrogen-bond acceptors (Lipinski definition) is 1. The van der Waals surface area contributed by atoms with Gasteiger partial charge in [0.15, 0.2) is 17.5 Å². The molecule has 0 heterocycles. The van der Waals surface area contributed by atoms with Gasteiger partial charge in [0, 0.05) is 18.2 Å². The molecule has 1 N–H and O–H groups in total. The molecule has 1 fully saturated rings. The highest BCUT2D eigenvalue weighted by atomic mass is 19.2. The summed E-state index contributed by atoms with van der Waals surface area (Å²) in [5.41, 5.74) is 1.70. The second-order valence-corrected chi connectivity index (χ2v) is 5.08. The van der Waals surface area contributed by atoms with E-state index in [2.05, 4.69) is 5.32 Å². The third kappa shape index (κ3) is 2.70. The highest BCUT2D eigenvalue weighted by Crippen LogP contribution is 2.26. The second-order valence-electron chi connectivity index (χ2n) is 5.08. The predicted octanol–water partition coefficient (Wildman–Crippen LogP) is 4.02. The van der Waals surface area contributed by atoms with Gasteiger partial charge in [-0.15, -0.1) is 0 Å². The van der Waals surface area contributed by atoms with E-state index in [-0.39, 0.29) is 5.56 Å². The summed E-state index contributed by atoms with van der Waals surface area (Å²) in [6.07, 6.45) is 2.44. The van der Waals surface area contributed by atoms with Crippen LogP contribution in [0.25, 0.3) is 11.1 Å². The van der Waals surface area contributed by atoms with Crippen molar-refractivity contribution in [2.24, 2.45) is 0 Å². The van der Waals surface area contributed by atoms with Crippen molar-refractivity contribution in [2.75, 3.05) is 0 Å². The van der Waals surface area contributed by atoms with Crippen molar-refractivity contribution in [2.45, 2.75) is 25.4 Å². The standard InChI is InChI=1S/C16H14F3N/c17-14-8-7-13(15(18)16(14)19)11-3-1-10(2-4-11)9-20-12-5-6-12/h1-4,7-8,12,20H,5-6,9H2. The number of hydrogen-bond donors (Lipinski definition) is 1. The fourth-order valence-electron chi connectivity index (χ4n) is 2.10. The Morgan fingerprint density at radius 3 is 2.25 bits per heavy atom. The summed E-state index contributed by atoms with van der Waals surface area (Å²) in [6, 6.07) is 10.00. The van der Waals surface area contributed by atoms with Gasteiger partial charge in [0.05, 0.1) is 0 Å². The van der Waals surface area contributed by atoms with Crippen LogP contribution in [-0.2, 0) is 6.54 Å². The van der Waals surface area contributed by atoms with Crippen LogP contribution in [0.2, 0.25) is 0 Å². The van der Waals surface area contributed by atoms with Crippen LogP contribution in [-0.4, -0.2) is 6.04 Å². The van der Waals surface area contributed by atoms with Crippen molar-refractivity contribution in [1.29, 1.82) is 0 Å². The Bertz CT molecular complexity index is 618. The maximum absolute atomic E-state index is 13.7. The van der Waals surface area contributed by atoms with Crippen LogP contribution >= 0.6 is 0 Å². The molecular weight excluding hydrogens is 263 g/mol.